The monoisotopic (exact) mass is 310 g/mol. The van der Waals surface area contributed by atoms with E-state index in [2.05, 4.69) is 12.1 Å². The van der Waals surface area contributed by atoms with Gasteiger partial charge in [0.25, 0.3) is 0 Å². The van der Waals surface area contributed by atoms with Gasteiger partial charge in [-0.05, 0) is 30.0 Å². The maximum absolute atomic E-state index is 12.1. The molecule has 0 saturated heterocycles. The number of halogens is 1. The molecule has 0 radical (unpaired) electrons. The van der Waals surface area contributed by atoms with Crippen LogP contribution in [0.1, 0.15) is 36.8 Å². The van der Waals surface area contributed by atoms with E-state index >= 15 is 0 Å². The molecule has 116 valence electrons. The minimum Gasteiger partial charge on any atom is -0.493 e. The molecule has 1 aromatic rings. The summed E-state index contributed by atoms with van der Waals surface area (Å²) in [5, 5.41) is 0. The van der Waals surface area contributed by atoms with Crippen molar-refractivity contribution in [2.45, 2.75) is 44.7 Å². The van der Waals surface area contributed by atoms with E-state index in [0.29, 0.717) is 12.6 Å². The van der Waals surface area contributed by atoms with E-state index in [-0.39, 0.29) is 24.9 Å². The average molecular weight is 311 g/mol. The third-order valence-electron chi connectivity index (χ3n) is 4.37. The van der Waals surface area contributed by atoms with Crippen LogP contribution in [-0.2, 0) is 17.8 Å². The molecular weight excluding hydrogens is 288 g/mol. The second kappa shape index (κ2) is 7.14. The first-order chi connectivity index (χ1) is 9.78. The molecule has 2 aliphatic rings. The lowest BCUT2D eigenvalue weighted by molar-refractivity contribution is -0.132. The van der Waals surface area contributed by atoms with E-state index in [1.54, 1.807) is 0 Å². The van der Waals surface area contributed by atoms with Crippen LogP contribution in [0.25, 0.3) is 0 Å². The molecule has 4 nitrogen and oxygen atoms in total. The van der Waals surface area contributed by atoms with Gasteiger partial charge in [0, 0.05) is 19.0 Å². The largest absolute Gasteiger partial charge is 0.493 e. The molecule has 0 atom stereocenters. The Hall–Kier alpha value is -1.26. The number of carbonyl (C=O) groups is 1. The smallest absolute Gasteiger partial charge is 0.236 e. The van der Waals surface area contributed by atoms with Crippen molar-refractivity contribution in [2.24, 2.45) is 5.73 Å². The van der Waals surface area contributed by atoms with E-state index in [0.717, 1.165) is 31.6 Å². The van der Waals surface area contributed by atoms with E-state index in [1.165, 1.54) is 24.0 Å². The summed E-state index contributed by atoms with van der Waals surface area (Å²) in [4.78, 5) is 14.1. The summed E-state index contributed by atoms with van der Waals surface area (Å²) < 4.78 is 5.53. The molecule has 0 spiro atoms. The van der Waals surface area contributed by atoms with Crippen LogP contribution in [0.15, 0.2) is 18.2 Å². The number of rotatable bonds is 4. The SMILES string of the molecule is Cl.NCC(=O)N(Cc1ccc2c(c1)CCO2)C1CCCC1. The van der Waals surface area contributed by atoms with Gasteiger partial charge in [-0.2, -0.15) is 0 Å². The molecule has 0 unspecified atom stereocenters. The van der Waals surface area contributed by atoms with Gasteiger partial charge in [0.1, 0.15) is 5.75 Å². The number of nitrogens with zero attached hydrogens (tertiary/aromatic N) is 1. The molecule has 1 heterocycles. The van der Waals surface area contributed by atoms with Crippen LogP contribution < -0.4 is 10.5 Å². The van der Waals surface area contributed by atoms with Gasteiger partial charge in [-0.25, -0.2) is 0 Å². The number of benzene rings is 1. The topological polar surface area (TPSA) is 55.6 Å². The van der Waals surface area contributed by atoms with Crippen molar-refractivity contribution in [3.63, 3.8) is 0 Å². The lowest BCUT2D eigenvalue weighted by atomic mass is 10.1. The summed E-state index contributed by atoms with van der Waals surface area (Å²) in [5.74, 6) is 1.06. The van der Waals surface area contributed by atoms with E-state index in [4.69, 9.17) is 10.5 Å². The highest BCUT2D eigenvalue weighted by Gasteiger charge is 2.26. The van der Waals surface area contributed by atoms with Crippen LogP contribution in [0.2, 0.25) is 0 Å². The molecular formula is C16H23ClN2O2. The lowest BCUT2D eigenvalue weighted by Crippen LogP contribution is -2.41. The fraction of sp³-hybridized carbons (Fsp3) is 0.562. The van der Waals surface area contributed by atoms with Gasteiger partial charge in [-0.1, -0.05) is 25.0 Å². The molecule has 0 aromatic heterocycles. The number of hydrogen-bond acceptors (Lipinski definition) is 3. The first kappa shape index (κ1) is 16.1. The van der Waals surface area contributed by atoms with Gasteiger partial charge in [0.15, 0.2) is 0 Å². The first-order valence-electron chi connectivity index (χ1n) is 7.52. The Morgan fingerprint density at radius 3 is 2.81 bits per heavy atom. The number of fused-ring (bicyclic) bond motifs is 1. The van der Waals surface area contributed by atoms with E-state index in [1.807, 2.05) is 11.0 Å². The summed E-state index contributed by atoms with van der Waals surface area (Å²) in [6.45, 7) is 1.55. The zero-order chi connectivity index (χ0) is 13.9. The Morgan fingerprint density at radius 1 is 1.33 bits per heavy atom. The summed E-state index contributed by atoms with van der Waals surface area (Å²) in [6.07, 6.45) is 5.63. The first-order valence-corrected chi connectivity index (χ1v) is 7.52. The minimum absolute atomic E-state index is 0. The van der Waals surface area contributed by atoms with Gasteiger partial charge in [0.05, 0.1) is 13.2 Å². The standard InChI is InChI=1S/C16H22N2O2.ClH/c17-10-16(19)18(14-3-1-2-4-14)11-12-5-6-15-13(9-12)7-8-20-15;/h5-6,9,14H,1-4,7-8,10-11,17H2;1H. The summed E-state index contributed by atoms with van der Waals surface area (Å²) in [6, 6.07) is 6.64. The van der Waals surface area contributed by atoms with Crippen molar-refractivity contribution in [3.8, 4) is 5.75 Å². The van der Waals surface area contributed by atoms with Crippen molar-refractivity contribution >= 4 is 18.3 Å². The Kier molecular flexibility index (Phi) is 5.48. The Bertz CT molecular complexity index is 501. The third kappa shape index (κ3) is 3.50. The van der Waals surface area contributed by atoms with Crippen LogP contribution in [0.3, 0.4) is 0 Å². The Balaban J connectivity index is 0.00000161. The predicted octanol–water partition coefficient (Wildman–Crippen LogP) is 2.27. The second-order valence-corrected chi connectivity index (χ2v) is 5.70. The minimum atomic E-state index is 0. The number of amides is 1. The van der Waals surface area contributed by atoms with E-state index < -0.39 is 0 Å². The molecule has 1 aromatic carbocycles. The normalized spacial score (nSPS) is 17.0. The molecule has 1 saturated carbocycles. The molecule has 21 heavy (non-hydrogen) atoms. The maximum Gasteiger partial charge on any atom is 0.236 e. The fourth-order valence-electron chi connectivity index (χ4n) is 3.29. The maximum atomic E-state index is 12.1. The highest BCUT2D eigenvalue weighted by Crippen LogP contribution is 2.28. The van der Waals surface area contributed by atoms with Crippen LogP contribution in [0.4, 0.5) is 0 Å². The molecule has 2 N–H and O–H groups in total. The van der Waals surface area contributed by atoms with Crippen LogP contribution in [0, 0.1) is 0 Å². The van der Waals surface area contributed by atoms with Crippen LogP contribution in [-0.4, -0.2) is 30.0 Å². The molecule has 1 aliphatic heterocycles. The average Bonchev–Trinajstić information content (AvgIpc) is 3.14. The summed E-state index contributed by atoms with van der Waals surface area (Å²) in [5.41, 5.74) is 8.01. The summed E-state index contributed by atoms with van der Waals surface area (Å²) >= 11 is 0. The highest BCUT2D eigenvalue weighted by molar-refractivity contribution is 5.85. The lowest BCUT2D eigenvalue weighted by Gasteiger charge is -2.29. The Labute approximate surface area is 132 Å². The third-order valence-corrected chi connectivity index (χ3v) is 4.37. The number of nitrogens with two attached hydrogens (primary N) is 1. The zero-order valence-electron chi connectivity index (χ0n) is 12.2. The van der Waals surface area contributed by atoms with Gasteiger partial charge in [0.2, 0.25) is 5.91 Å². The van der Waals surface area contributed by atoms with Crippen LogP contribution in [0.5, 0.6) is 5.75 Å². The van der Waals surface area contributed by atoms with Crippen molar-refractivity contribution in [1.82, 2.24) is 4.90 Å². The zero-order valence-corrected chi connectivity index (χ0v) is 13.0. The van der Waals surface area contributed by atoms with Gasteiger partial charge >= 0.3 is 0 Å². The predicted molar refractivity (Wildman–Crippen MR) is 84.7 cm³/mol. The number of carbonyl (C=O) groups excluding carboxylic acids is 1. The molecule has 5 heteroatoms. The second-order valence-electron chi connectivity index (χ2n) is 5.70. The molecule has 0 bridgehead atoms. The van der Waals surface area contributed by atoms with Crippen molar-refractivity contribution in [2.75, 3.05) is 13.2 Å². The number of hydrogen-bond donors (Lipinski definition) is 1. The molecule has 3 rings (SSSR count). The molecule has 1 aliphatic carbocycles. The van der Waals surface area contributed by atoms with Crippen molar-refractivity contribution < 1.29 is 9.53 Å². The molecule has 1 amide bonds. The Morgan fingerprint density at radius 2 is 2.10 bits per heavy atom. The van der Waals surface area contributed by atoms with E-state index in [9.17, 15) is 4.79 Å². The summed E-state index contributed by atoms with van der Waals surface area (Å²) in [7, 11) is 0. The number of ether oxygens (including phenoxy) is 1. The van der Waals surface area contributed by atoms with Crippen molar-refractivity contribution in [3.05, 3.63) is 29.3 Å². The van der Waals surface area contributed by atoms with Crippen molar-refractivity contribution in [1.29, 1.82) is 0 Å². The van der Waals surface area contributed by atoms with Crippen LogP contribution >= 0.6 is 12.4 Å². The fourth-order valence-corrected chi connectivity index (χ4v) is 3.29. The highest BCUT2D eigenvalue weighted by atomic mass is 35.5. The quantitative estimate of drug-likeness (QED) is 0.928. The van der Waals surface area contributed by atoms with Gasteiger partial charge in [-0.15, -0.1) is 12.4 Å². The van der Waals surface area contributed by atoms with Gasteiger partial charge in [-0.3, -0.25) is 4.79 Å². The van der Waals surface area contributed by atoms with Gasteiger partial charge < -0.3 is 15.4 Å². The molecule has 1 fully saturated rings.